The highest BCUT2D eigenvalue weighted by Crippen LogP contribution is 2.35. The lowest BCUT2D eigenvalue weighted by atomic mass is 10.0. The minimum absolute atomic E-state index is 0.0794. The summed E-state index contributed by atoms with van der Waals surface area (Å²) in [5.74, 6) is 0.348. The van der Waals surface area contributed by atoms with Crippen LogP contribution in [0.1, 0.15) is 23.0 Å². The van der Waals surface area contributed by atoms with Crippen LogP contribution in [0.25, 0.3) is 0 Å². The fourth-order valence-electron chi connectivity index (χ4n) is 1.89. The Morgan fingerprint density at radius 1 is 1.21 bits per heavy atom. The second-order valence-corrected chi connectivity index (χ2v) is 4.10. The molecule has 0 saturated heterocycles. The van der Waals surface area contributed by atoms with E-state index in [1.165, 1.54) is 32.6 Å². The van der Waals surface area contributed by atoms with Gasteiger partial charge in [0.15, 0.2) is 11.5 Å². The summed E-state index contributed by atoms with van der Waals surface area (Å²) < 4.78 is 29.3. The second kappa shape index (κ2) is 5.32. The summed E-state index contributed by atoms with van der Waals surface area (Å²) in [7, 11) is 2.87. The Kier molecular flexibility index (Phi) is 3.76. The van der Waals surface area contributed by atoms with Gasteiger partial charge in [-0.15, -0.1) is 0 Å². The van der Waals surface area contributed by atoms with Gasteiger partial charge in [0, 0.05) is 11.6 Å². The fraction of sp³-hybridized carbons (Fsp3) is 0.286. The first-order valence-corrected chi connectivity index (χ1v) is 5.72. The van der Waals surface area contributed by atoms with E-state index < -0.39 is 11.9 Å². The zero-order valence-electron chi connectivity index (χ0n) is 10.9. The summed E-state index contributed by atoms with van der Waals surface area (Å²) in [5.41, 5.74) is 0.831. The van der Waals surface area contributed by atoms with Crippen molar-refractivity contribution in [3.05, 3.63) is 47.2 Å². The number of benzene rings is 1. The number of hydrogen-bond acceptors (Lipinski definition) is 4. The van der Waals surface area contributed by atoms with Crippen molar-refractivity contribution in [3.63, 3.8) is 0 Å². The molecule has 1 aromatic heterocycles. The highest BCUT2D eigenvalue weighted by atomic mass is 19.1. The number of methoxy groups -OCH3 is 2. The molecule has 4 nitrogen and oxygen atoms in total. The molecule has 19 heavy (non-hydrogen) atoms. The van der Waals surface area contributed by atoms with Crippen LogP contribution in [0.4, 0.5) is 4.39 Å². The molecule has 0 spiro atoms. The molecular weight excluding hydrogens is 251 g/mol. The standard InChI is InChI=1S/C14H15FO4/c1-8-4-5-19-14(8)13(16)9-6-11(17-2)12(18-3)7-10(9)15/h4-7,13,16H,1-3H3. The smallest absolute Gasteiger partial charge is 0.163 e. The lowest BCUT2D eigenvalue weighted by molar-refractivity contribution is 0.183. The summed E-state index contributed by atoms with van der Waals surface area (Å²) in [6.45, 7) is 1.78. The molecule has 102 valence electrons. The normalized spacial score (nSPS) is 12.3. The molecule has 0 aliphatic heterocycles. The summed E-state index contributed by atoms with van der Waals surface area (Å²) in [4.78, 5) is 0. The minimum atomic E-state index is -1.19. The van der Waals surface area contributed by atoms with Gasteiger partial charge in [0.2, 0.25) is 0 Å². The van der Waals surface area contributed by atoms with E-state index in [1.54, 1.807) is 13.0 Å². The molecule has 1 unspecified atom stereocenters. The monoisotopic (exact) mass is 266 g/mol. The number of aliphatic hydroxyl groups excluding tert-OH is 1. The van der Waals surface area contributed by atoms with Gasteiger partial charge in [-0.3, -0.25) is 0 Å². The van der Waals surface area contributed by atoms with Crippen molar-refractivity contribution in [2.45, 2.75) is 13.0 Å². The van der Waals surface area contributed by atoms with Gasteiger partial charge in [0.25, 0.3) is 0 Å². The third kappa shape index (κ3) is 2.42. The second-order valence-electron chi connectivity index (χ2n) is 4.10. The molecule has 0 aliphatic carbocycles. The van der Waals surface area contributed by atoms with Crippen molar-refractivity contribution < 1.29 is 23.4 Å². The Hall–Kier alpha value is -2.01. The van der Waals surface area contributed by atoms with Gasteiger partial charge in [-0.1, -0.05) is 0 Å². The van der Waals surface area contributed by atoms with Gasteiger partial charge in [0.05, 0.1) is 20.5 Å². The molecule has 1 heterocycles. The molecule has 0 fully saturated rings. The van der Waals surface area contributed by atoms with Crippen LogP contribution in [0, 0.1) is 12.7 Å². The zero-order chi connectivity index (χ0) is 14.0. The predicted octanol–water partition coefficient (Wildman–Crippen LogP) is 2.83. The SMILES string of the molecule is COc1cc(F)c(C(O)c2occc2C)cc1OC. The van der Waals surface area contributed by atoms with Crippen LogP contribution >= 0.6 is 0 Å². The molecule has 0 aliphatic rings. The molecule has 0 saturated carbocycles. The van der Waals surface area contributed by atoms with Gasteiger partial charge < -0.3 is 19.0 Å². The molecule has 0 amide bonds. The van der Waals surface area contributed by atoms with Crippen molar-refractivity contribution in [3.8, 4) is 11.5 Å². The third-order valence-electron chi connectivity index (χ3n) is 2.95. The predicted molar refractivity (Wildman–Crippen MR) is 67.0 cm³/mol. The lowest BCUT2D eigenvalue weighted by Gasteiger charge is -2.14. The first-order valence-electron chi connectivity index (χ1n) is 5.72. The number of furan rings is 1. The zero-order valence-corrected chi connectivity index (χ0v) is 10.9. The summed E-state index contributed by atoms with van der Waals surface area (Å²) in [5, 5.41) is 10.2. The van der Waals surface area contributed by atoms with Crippen molar-refractivity contribution in [2.75, 3.05) is 14.2 Å². The van der Waals surface area contributed by atoms with E-state index in [0.717, 1.165) is 5.56 Å². The van der Waals surface area contributed by atoms with Crippen LogP contribution in [-0.4, -0.2) is 19.3 Å². The molecule has 5 heteroatoms. The van der Waals surface area contributed by atoms with Crippen LogP contribution in [0.3, 0.4) is 0 Å². The molecule has 1 atom stereocenters. The Morgan fingerprint density at radius 3 is 2.37 bits per heavy atom. The number of aryl methyl sites for hydroxylation is 1. The molecule has 1 aromatic carbocycles. The molecule has 1 N–H and O–H groups in total. The number of ether oxygens (including phenoxy) is 2. The highest BCUT2D eigenvalue weighted by Gasteiger charge is 2.22. The fourth-order valence-corrected chi connectivity index (χ4v) is 1.89. The first-order chi connectivity index (χ1) is 9.08. The van der Waals surface area contributed by atoms with Crippen LogP contribution in [0.5, 0.6) is 11.5 Å². The van der Waals surface area contributed by atoms with Crippen LogP contribution < -0.4 is 9.47 Å². The van der Waals surface area contributed by atoms with E-state index in [0.29, 0.717) is 11.5 Å². The van der Waals surface area contributed by atoms with Crippen molar-refractivity contribution in [1.82, 2.24) is 0 Å². The maximum absolute atomic E-state index is 14.0. The van der Waals surface area contributed by atoms with E-state index in [1.807, 2.05) is 0 Å². The third-order valence-corrected chi connectivity index (χ3v) is 2.95. The molecule has 2 aromatic rings. The highest BCUT2D eigenvalue weighted by molar-refractivity contribution is 5.45. The number of hydrogen-bond donors (Lipinski definition) is 1. The Bertz CT molecular complexity index is 577. The molecule has 0 bridgehead atoms. The van der Waals surface area contributed by atoms with E-state index in [9.17, 15) is 9.50 Å². The summed E-state index contributed by atoms with van der Waals surface area (Å²) >= 11 is 0. The number of halogens is 1. The summed E-state index contributed by atoms with van der Waals surface area (Å²) in [6.07, 6.45) is 0.266. The Labute approximate surface area is 110 Å². The maximum Gasteiger partial charge on any atom is 0.163 e. The van der Waals surface area contributed by atoms with Crippen molar-refractivity contribution in [1.29, 1.82) is 0 Å². The van der Waals surface area contributed by atoms with Gasteiger partial charge in [-0.05, 0) is 24.6 Å². The number of aliphatic hydroxyl groups is 1. The van der Waals surface area contributed by atoms with Crippen molar-refractivity contribution >= 4 is 0 Å². The molecular formula is C14H15FO4. The molecule has 2 rings (SSSR count). The van der Waals surface area contributed by atoms with E-state index in [4.69, 9.17) is 13.9 Å². The Balaban J connectivity index is 2.48. The lowest BCUT2D eigenvalue weighted by Crippen LogP contribution is -2.04. The topological polar surface area (TPSA) is 51.8 Å². The van der Waals surface area contributed by atoms with E-state index in [2.05, 4.69) is 0 Å². The van der Waals surface area contributed by atoms with Gasteiger partial charge in [0.1, 0.15) is 17.7 Å². The largest absolute Gasteiger partial charge is 0.493 e. The Morgan fingerprint density at radius 2 is 1.84 bits per heavy atom. The van der Waals surface area contributed by atoms with Gasteiger partial charge >= 0.3 is 0 Å². The van der Waals surface area contributed by atoms with Gasteiger partial charge in [-0.25, -0.2) is 4.39 Å². The quantitative estimate of drug-likeness (QED) is 0.924. The van der Waals surface area contributed by atoms with E-state index in [-0.39, 0.29) is 11.3 Å². The average molecular weight is 266 g/mol. The van der Waals surface area contributed by atoms with Crippen LogP contribution in [0.2, 0.25) is 0 Å². The van der Waals surface area contributed by atoms with Crippen LogP contribution in [0.15, 0.2) is 28.9 Å². The van der Waals surface area contributed by atoms with E-state index >= 15 is 0 Å². The first kappa shape index (κ1) is 13.4. The van der Waals surface area contributed by atoms with Crippen molar-refractivity contribution in [2.24, 2.45) is 0 Å². The van der Waals surface area contributed by atoms with Gasteiger partial charge in [-0.2, -0.15) is 0 Å². The van der Waals surface area contributed by atoms with Crippen LogP contribution in [-0.2, 0) is 0 Å². The summed E-state index contributed by atoms with van der Waals surface area (Å²) in [6, 6.07) is 4.29. The maximum atomic E-state index is 14.0. The minimum Gasteiger partial charge on any atom is -0.493 e. The molecule has 0 radical (unpaired) electrons. The average Bonchev–Trinajstić information content (AvgIpc) is 2.83. The number of rotatable bonds is 4.